The molecule has 120 valence electrons. The van der Waals surface area contributed by atoms with Gasteiger partial charge in [0.1, 0.15) is 17.1 Å². The maximum absolute atomic E-state index is 12.1. The molecule has 6 heteroatoms. The number of rotatable bonds is 4. The smallest absolute Gasteiger partial charge is 0.261 e. The average Bonchev–Trinajstić information content (AvgIpc) is 2.58. The van der Waals surface area contributed by atoms with Crippen LogP contribution in [0.5, 0.6) is 11.5 Å². The molecular formula is C18H13ClN2O3. The van der Waals surface area contributed by atoms with Crippen molar-refractivity contribution in [2.45, 2.75) is 0 Å². The Balaban J connectivity index is 1.68. The summed E-state index contributed by atoms with van der Waals surface area (Å²) >= 11 is 6.05. The van der Waals surface area contributed by atoms with Gasteiger partial charge in [-0.15, -0.1) is 0 Å². The third-order valence-corrected chi connectivity index (χ3v) is 3.53. The Morgan fingerprint density at radius 2 is 1.79 bits per heavy atom. The van der Waals surface area contributed by atoms with E-state index in [4.69, 9.17) is 16.3 Å². The van der Waals surface area contributed by atoms with Gasteiger partial charge in [0.25, 0.3) is 5.91 Å². The second-order valence-electron chi connectivity index (χ2n) is 4.96. The Hall–Kier alpha value is -3.05. The predicted octanol–water partition coefficient (Wildman–Crippen LogP) is 4.02. The molecular weight excluding hydrogens is 328 g/mol. The first-order valence-corrected chi connectivity index (χ1v) is 7.52. The van der Waals surface area contributed by atoms with Crippen LogP contribution in [0.3, 0.4) is 0 Å². The third-order valence-electron chi connectivity index (χ3n) is 3.21. The molecule has 0 aliphatic heterocycles. The number of para-hydroxylation sites is 1. The maximum atomic E-state index is 12.1. The molecule has 0 unspecified atom stereocenters. The zero-order valence-electron chi connectivity index (χ0n) is 12.5. The number of carbonyl (C=O) groups is 1. The van der Waals surface area contributed by atoms with E-state index < -0.39 is 0 Å². The summed E-state index contributed by atoms with van der Waals surface area (Å²) in [5.74, 6) is 0.790. The third kappa shape index (κ3) is 3.83. The minimum Gasteiger partial charge on any atom is -0.619 e. The lowest BCUT2D eigenvalue weighted by molar-refractivity contribution is -0.605. The van der Waals surface area contributed by atoms with E-state index in [9.17, 15) is 10.0 Å². The topological polar surface area (TPSA) is 65.3 Å². The van der Waals surface area contributed by atoms with Crippen molar-refractivity contribution in [1.82, 2.24) is 0 Å². The highest BCUT2D eigenvalue weighted by molar-refractivity contribution is 6.32. The van der Waals surface area contributed by atoms with Crippen molar-refractivity contribution >= 4 is 23.2 Å². The molecule has 0 bridgehead atoms. The highest BCUT2D eigenvalue weighted by Crippen LogP contribution is 2.29. The van der Waals surface area contributed by atoms with Crippen molar-refractivity contribution in [3.8, 4) is 11.5 Å². The van der Waals surface area contributed by atoms with E-state index in [1.54, 1.807) is 42.5 Å². The van der Waals surface area contributed by atoms with Crippen LogP contribution in [0.15, 0.2) is 73.1 Å². The van der Waals surface area contributed by atoms with Gasteiger partial charge in [0.05, 0.1) is 5.02 Å². The monoisotopic (exact) mass is 340 g/mol. The molecule has 0 aliphatic rings. The normalized spacial score (nSPS) is 10.2. The molecule has 1 N–H and O–H groups in total. The number of anilines is 1. The maximum Gasteiger partial charge on any atom is 0.261 e. The Kier molecular flexibility index (Phi) is 4.63. The van der Waals surface area contributed by atoms with Crippen LogP contribution in [0.25, 0.3) is 0 Å². The summed E-state index contributed by atoms with van der Waals surface area (Å²) in [7, 11) is 0. The molecule has 0 fully saturated rings. The van der Waals surface area contributed by atoms with Gasteiger partial charge in [0.2, 0.25) is 0 Å². The van der Waals surface area contributed by atoms with Crippen molar-refractivity contribution in [2.24, 2.45) is 0 Å². The Morgan fingerprint density at radius 1 is 1.04 bits per heavy atom. The van der Waals surface area contributed by atoms with Gasteiger partial charge in [0, 0.05) is 11.8 Å². The average molecular weight is 341 g/mol. The van der Waals surface area contributed by atoms with Crippen molar-refractivity contribution in [1.29, 1.82) is 0 Å². The first-order valence-electron chi connectivity index (χ1n) is 7.14. The van der Waals surface area contributed by atoms with Gasteiger partial charge >= 0.3 is 0 Å². The van der Waals surface area contributed by atoms with Crippen LogP contribution in [0.1, 0.15) is 10.4 Å². The van der Waals surface area contributed by atoms with Crippen molar-refractivity contribution in [3.63, 3.8) is 0 Å². The number of amides is 1. The fourth-order valence-corrected chi connectivity index (χ4v) is 2.23. The van der Waals surface area contributed by atoms with Crippen molar-refractivity contribution < 1.29 is 14.3 Å². The van der Waals surface area contributed by atoms with E-state index in [0.717, 1.165) is 0 Å². The minimum absolute atomic E-state index is 0.281. The summed E-state index contributed by atoms with van der Waals surface area (Å²) in [5, 5.41) is 14.4. The summed E-state index contributed by atoms with van der Waals surface area (Å²) in [6.07, 6.45) is 2.53. The fraction of sp³-hybridized carbons (Fsp3) is 0. The molecule has 0 saturated heterocycles. The fourth-order valence-electron chi connectivity index (χ4n) is 2.05. The van der Waals surface area contributed by atoms with Gasteiger partial charge in [0.15, 0.2) is 12.4 Å². The predicted molar refractivity (Wildman–Crippen MR) is 91.3 cm³/mol. The van der Waals surface area contributed by atoms with Crippen LogP contribution in [0, 0.1) is 5.21 Å². The number of halogens is 1. The first kappa shape index (κ1) is 15.8. The molecule has 5 nitrogen and oxygen atoms in total. The van der Waals surface area contributed by atoms with Crippen LogP contribution in [-0.2, 0) is 0 Å². The molecule has 0 saturated carbocycles. The SMILES string of the molecule is O=C(Nc1ccc(Oc2ccccc2Cl)cc1)c1ccc[n+]([O-])c1. The van der Waals surface area contributed by atoms with Gasteiger partial charge in [-0.3, -0.25) is 4.79 Å². The van der Waals surface area contributed by atoms with Crippen molar-refractivity contribution in [2.75, 3.05) is 5.32 Å². The number of benzene rings is 2. The Labute approximate surface area is 143 Å². The van der Waals surface area contributed by atoms with Gasteiger partial charge in [-0.25, -0.2) is 0 Å². The number of aromatic nitrogens is 1. The molecule has 0 radical (unpaired) electrons. The molecule has 3 rings (SSSR count). The van der Waals surface area contributed by atoms with E-state index in [0.29, 0.717) is 26.9 Å². The van der Waals surface area contributed by atoms with Crippen LogP contribution < -0.4 is 14.8 Å². The summed E-state index contributed by atoms with van der Waals surface area (Å²) in [5.41, 5.74) is 0.872. The van der Waals surface area contributed by atoms with E-state index >= 15 is 0 Å². The molecule has 24 heavy (non-hydrogen) atoms. The number of nitrogens with zero attached hydrogens (tertiary/aromatic N) is 1. The lowest BCUT2D eigenvalue weighted by atomic mass is 10.2. The molecule has 1 amide bonds. The molecule has 1 aromatic heterocycles. The van der Waals surface area contributed by atoms with Gasteiger partial charge in [-0.1, -0.05) is 23.7 Å². The lowest BCUT2D eigenvalue weighted by Gasteiger charge is -2.09. The largest absolute Gasteiger partial charge is 0.619 e. The van der Waals surface area contributed by atoms with Crippen LogP contribution in [0.4, 0.5) is 5.69 Å². The number of nitrogens with one attached hydrogen (secondary N) is 1. The molecule has 2 aromatic carbocycles. The molecule has 0 aliphatic carbocycles. The second-order valence-corrected chi connectivity index (χ2v) is 5.37. The van der Waals surface area contributed by atoms with Crippen LogP contribution in [0.2, 0.25) is 5.02 Å². The molecule has 0 spiro atoms. The van der Waals surface area contributed by atoms with Gasteiger partial charge in [-0.05, 0) is 42.5 Å². The number of carbonyl (C=O) groups excluding carboxylic acids is 1. The summed E-state index contributed by atoms with van der Waals surface area (Å²) < 4.78 is 6.26. The highest BCUT2D eigenvalue weighted by Gasteiger charge is 2.09. The summed E-state index contributed by atoms with van der Waals surface area (Å²) in [4.78, 5) is 12.1. The van der Waals surface area contributed by atoms with Gasteiger partial charge < -0.3 is 15.3 Å². The van der Waals surface area contributed by atoms with E-state index in [1.807, 2.05) is 12.1 Å². The number of hydrogen-bond donors (Lipinski definition) is 1. The second kappa shape index (κ2) is 7.02. The zero-order chi connectivity index (χ0) is 16.9. The highest BCUT2D eigenvalue weighted by atomic mass is 35.5. The zero-order valence-corrected chi connectivity index (χ0v) is 13.2. The lowest BCUT2D eigenvalue weighted by Crippen LogP contribution is -2.27. The number of pyridine rings is 1. The molecule has 0 atom stereocenters. The van der Waals surface area contributed by atoms with Crippen LogP contribution >= 0.6 is 11.6 Å². The molecule has 1 heterocycles. The number of hydrogen-bond acceptors (Lipinski definition) is 3. The Morgan fingerprint density at radius 3 is 2.50 bits per heavy atom. The number of ether oxygens (including phenoxy) is 1. The van der Waals surface area contributed by atoms with Gasteiger partial charge in [-0.2, -0.15) is 4.73 Å². The quantitative estimate of drug-likeness (QED) is 0.576. The van der Waals surface area contributed by atoms with E-state index in [2.05, 4.69) is 5.32 Å². The molecule has 3 aromatic rings. The summed E-state index contributed by atoms with van der Waals surface area (Å²) in [6, 6.07) is 17.1. The first-order chi connectivity index (χ1) is 11.6. The van der Waals surface area contributed by atoms with Crippen molar-refractivity contribution in [3.05, 3.63) is 88.9 Å². The Bertz CT molecular complexity index is 866. The minimum atomic E-state index is -0.361. The standard InChI is InChI=1S/C18H13ClN2O3/c19-16-5-1-2-6-17(16)24-15-9-7-14(8-10-15)20-18(22)13-4-3-11-21(23)12-13/h1-12H,(H,20,22). The van der Waals surface area contributed by atoms with Crippen LogP contribution in [-0.4, -0.2) is 5.91 Å². The van der Waals surface area contributed by atoms with E-state index in [1.165, 1.54) is 18.5 Å². The summed E-state index contributed by atoms with van der Waals surface area (Å²) in [6.45, 7) is 0. The van der Waals surface area contributed by atoms with E-state index in [-0.39, 0.29) is 11.5 Å².